The molecule has 0 saturated carbocycles. The van der Waals surface area contributed by atoms with Crippen molar-refractivity contribution in [2.75, 3.05) is 39.4 Å². The average molecular weight is 464 g/mol. The number of rotatable bonds is 5. The van der Waals surface area contributed by atoms with E-state index in [0.29, 0.717) is 22.9 Å². The number of ether oxygens (including phenoxy) is 2. The number of nitrogens with zero attached hydrogens (tertiary/aromatic N) is 3. The van der Waals surface area contributed by atoms with E-state index in [2.05, 4.69) is 33.0 Å². The lowest BCUT2D eigenvalue weighted by Gasteiger charge is -2.27. The van der Waals surface area contributed by atoms with Crippen molar-refractivity contribution in [1.82, 2.24) is 14.8 Å². The number of likely N-dealkylation sites (tertiary alicyclic amines) is 2. The summed E-state index contributed by atoms with van der Waals surface area (Å²) < 4.78 is 12.5. The fraction of sp³-hybridized carbons (Fsp3) is 0.462. The zero-order chi connectivity index (χ0) is 22.2. The zero-order valence-corrected chi connectivity index (χ0v) is 19.5. The maximum atomic E-state index is 12.9. The lowest BCUT2D eigenvalue weighted by atomic mass is 9.99. The second kappa shape index (κ2) is 9.05. The summed E-state index contributed by atoms with van der Waals surface area (Å²) in [6.07, 6.45) is 1.77. The van der Waals surface area contributed by atoms with E-state index in [9.17, 15) is 4.79 Å². The minimum absolute atomic E-state index is 0.178. The van der Waals surface area contributed by atoms with Crippen LogP contribution in [0.4, 0.5) is 0 Å². The maximum absolute atomic E-state index is 12.9. The second-order valence-corrected chi connectivity index (χ2v) is 10.5. The van der Waals surface area contributed by atoms with Gasteiger partial charge in [0.1, 0.15) is 5.75 Å². The first kappa shape index (κ1) is 21.1. The Kier molecular flexibility index (Phi) is 5.78. The van der Waals surface area contributed by atoms with E-state index in [-0.39, 0.29) is 5.92 Å². The first-order valence-corrected chi connectivity index (χ1v) is 12.7. The van der Waals surface area contributed by atoms with Crippen LogP contribution in [0.5, 0.6) is 10.9 Å². The van der Waals surface area contributed by atoms with Gasteiger partial charge in [-0.3, -0.25) is 9.69 Å². The molecule has 7 heteroatoms. The van der Waals surface area contributed by atoms with Crippen molar-refractivity contribution in [3.8, 4) is 10.9 Å². The van der Waals surface area contributed by atoms with Crippen LogP contribution in [0.1, 0.15) is 18.4 Å². The minimum Gasteiger partial charge on any atom is -0.431 e. The lowest BCUT2D eigenvalue weighted by molar-refractivity contribution is -0.137. The van der Waals surface area contributed by atoms with Crippen LogP contribution in [0, 0.1) is 17.8 Å². The van der Waals surface area contributed by atoms with Crippen LogP contribution in [-0.4, -0.2) is 60.1 Å². The largest absolute Gasteiger partial charge is 0.431 e. The Balaban J connectivity index is 1.01. The summed E-state index contributed by atoms with van der Waals surface area (Å²) in [5.74, 6) is 2.57. The van der Waals surface area contributed by atoms with Crippen molar-refractivity contribution >= 4 is 27.5 Å². The molecule has 3 aliphatic rings. The number of aromatic nitrogens is 1. The number of hydrogen-bond acceptors (Lipinski definition) is 6. The molecule has 3 aromatic rings. The molecule has 2 aromatic carbocycles. The SMILES string of the molecule is O=C(C1CCOCC1)N1CC2CN(Cc3ccc(Oc4nc5ccccc5s4)cc3)CC2C1. The van der Waals surface area contributed by atoms with Crippen LogP contribution in [0.3, 0.4) is 0 Å². The van der Waals surface area contributed by atoms with Gasteiger partial charge in [-0.05, 0) is 54.5 Å². The van der Waals surface area contributed by atoms with Crippen LogP contribution in [0.2, 0.25) is 0 Å². The highest BCUT2D eigenvalue weighted by Gasteiger charge is 2.42. The number of para-hydroxylation sites is 1. The highest BCUT2D eigenvalue weighted by Crippen LogP contribution is 2.34. The van der Waals surface area contributed by atoms with Crippen molar-refractivity contribution < 1.29 is 14.3 Å². The summed E-state index contributed by atoms with van der Waals surface area (Å²) in [6.45, 7) is 6.41. The molecule has 3 fully saturated rings. The fourth-order valence-electron chi connectivity index (χ4n) is 5.52. The molecule has 2 atom stereocenters. The molecule has 6 nitrogen and oxygen atoms in total. The molecule has 3 saturated heterocycles. The Morgan fingerprint density at radius 3 is 2.45 bits per heavy atom. The van der Waals surface area contributed by atoms with E-state index in [0.717, 1.165) is 74.7 Å². The average Bonchev–Trinajstić information content (AvgIpc) is 3.53. The first-order valence-electron chi connectivity index (χ1n) is 11.9. The van der Waals surface area contributed by atoms with Crippen LogP contribution < -0.4 is 4.74 Å². The van der Waals surface area contributed by atoms with Gasteiger partial charge >= 0.3 is 0 Å². The summed E-state index contributed by atoms with van der Waals surface area (Å²) in [6, 6.07) is 16.5. The van der Waals surface area contributed by atoms with Gasteiger partial charge in [-0.2, -0.15) is 0 Å². The molecule has 3 aliphatic heterocycles. The molecule has 1 amide bonds. The Bertz CT molecular complexity index is 1080. The van der Waals surface area contributed by atoms with E-state index in [1.54, 1.807) is 11.3 Å². The van der Waals surface area contributed by atoms with E-state index in [1.165, 1.54) is 5.56 Å². The molecule has 0 bridgehead atoms. The number of amides is 1. The second-order valence-electron chi connectivity index (χ2n) is 9.54. The number of carbonyl (C=O) groups is 1. The Labute approximate surface area is 198 Å². The monoisotopic (exact) mass is 463 g/mol. The van der Waals surface area contributed by atoms with Crippen LogP contribution in [0.25, 0.3) is 10.2 Å². The minimum atomic E-state index is 0.178. The van der Waals surface area contributed by atoms with Crippen LogP contribution in [0.15, 0.2) is 48.5 Å². The van der Waals surface area contributed by atoms with Crippen molar-refractivity contribution in [2.45, 2.75) is 19.4 Å². The third-order valence-electron chi connectivity index (χ3n) is 7.25. The Hall–Kier alpha value is -2.48. The van der Waals surface area contributed by atoms with E-state index in [1.807, 2.05) is 30.3 Å². The van der Waals surface area contributed by atoms with Gasteiger partial charge in [0, 0.05) is 51.9 Å². The summed E-state index contributed by atoms with van der Waals surface area (Å²) in [5.41, 5.74) is 2.27. The van der Waals surface area contributed by atoms with Crippen molar-refractivity contribution in [2.24, 2.45) is 17.8 Å². The highest BCUT2D eigenvalue weighted by molar-refractivity contribution is 7.20. The molecule has 172 valence electrons. The van der Waals surface area contributed by atoms with Crippen LogP contribution >= 0.6 is 11.3 Å². The summed E-state index contributed by atoms with van der Waals surface area (Å²) in [5, 5.41) is 0.677. The van der Waals surface area contributed by atoms with Gasteiger partial charge in [-0.1, -0.05) is 35.6 Å². The predicted octanol–water partition coefficient (Wildman–Crippen LogP) is 4.41. The zero-order valence-electron chi connectivity index (χ0n) is 18.7. The number of fused-ring (bicyclic) bond motifs is 2. The van der Waals surface area contributed by atoms with E-state index < -0.39 is 0 Å². The van der Waals surface area contributed by atoms with Gasteiger partial charge in [0.15, 0.2) is 0 Å². The molecular weight excluding hydrogens is 434 g/mol. The van der Waals surface area contributed by atoms with Gasteiger partial charge < -0.3 is 14.4 Å². The van der Waals surface area contributed by atoms with Gasteiger partial charge in [0.05, 0.1) is 10.2 Å². The molecule has 1 aromatic heterocycles. The van der Waals surface area contributed by atoms with E-state index in [4.69, 9.17) is 9.47 Å². The standard InChI is InChI=1S/C26H29N3O3S/c30-25(19-9-11-31-12-10-19)29-16-20-14-28(15-21(20)17-29)13-18-5-7-22(8-6-18)32-26-27-23-3-1-2-4-24(23)33-26/h1-8,19-21H,9-17H2. The molecule has 4 heterocycles. The predicted molar refractivity (Wildman–Crippen MR) is 129 cm³/mol. The fourth-order valence-corrected chi connectivity index (χ4v) is 6.35. The number of hydrogen-bond donors (Lipinski definition) is 0. The highest BCUT2D eigenvalue weighted by atomic mass is 32.1. The molecule has 0 spiro atoms. The van der Waals surface area contributed by atoms with Crippen molar-refractivity contribution in [3.63, 3.8) is 0 Å². The molecule has 0 N–H and O–H groups in total. The molecule has 6 rings (SSSR count). The summed E-state index contributed by atoms with van der Waals surface area (Å²) in [7, 11) is 0. The van der Waals surface area contributed by atoms with Crippen LogP contribution in [-0.2, 0) is 16.1 Å². The number of benzene rings is 2. The lowest BCUT2D eigenvalue weighted by Crippen LogP contribution is -2.39. The smallest absolute Gasteiger partial charge is 0.279 e. The topological polar surface area (TPSA) is 54.9 Å². The number of carbonyl (C=O) groups excluding carboxylic acids is 1. The van der Waals surface area contributed by atoms with Gasteiger partial charge in [-0.25, -0.2) is 4.98 Å². The molecule has 0 aliphatic carbocycles. The molecule has 2 unspecified atom stereocenters. The quantitative estimate of drug-likeness (QED) is 0.561. The maximum Gasteiger partial charge on any atom is 0.279 e. The Morgan fingerprint density at radius 2 is 1.73 bits per heavy atom. The Morgan fingerprint density at radius 1 is 1.00 bits per heavy atom. The normalized spacial score (nSPS) is 23.8. The third kappa shape index (κ3) is 4.50. The molecule has 33 heavy (non-hydrogen) atoms. The summed E-state index contributed by atoms with van der Waals surface area (Å²) >= 11 is 1.57. The van der Waals surface area contributed by atoms with Gasteiger partial charge in [0.2, 0.25) is 5.91 Å². The molecular formula is C26H29N3O3S. The van der Waals surface area contributed by atoms with E-state index >= 15 is 0 Å². The summed E-state index contributed by atoms with van der Waals surface area (Å²) in [4.78, 5) is 22.1. The third-order valence-corrected chi connectivity index (χ3v) is 8.17. The molecule has 0 radical (unpaired) electrons. The van der Waals surface area contributed by atoms with Gasteiger partial charge in [-0.15, -0.1) is 0 Å². The van der Waals surface area contributed by atoms with Gasteiger partial charge in [0.25, 0.3) is 5.19 Å². The number of thiazole rings is 1. The van der Waals surface area contributed by atoms with Crippen molar-refractivity contribution in [3.05, 3.63) is 54.1 Å². The first-order chi connectivity index (χ1) is 16.2. The van der Waals surface area contributed by atoms with Crippen molar-refractivity contribution in [1.29, 1.82) is 0 Å².